The Morgan fingerprint density at radius 1 is 1.08 bits per heavy atom. The molecule has 0 unspecified atom stereocenters. The second kappa shape index (κ2) is 6.16. The van der Waals surface area contributed by atoms with Crippen LogP contribution in [-0.4, -0.2) is 49.0 Å². The van der Waals surface area contributed by atoms with Crippen LogP contribution >= 0.6 is 0 Å². The molecule has 1 amide bonds. The highest BCUT2D eigenvalue weighted by molar-refractivity contribution is 5.93. The van der Waals surface area contributed by atoms with Crippen molar-refractivity contribution in [3.05, 3.63) is 47.8 Å². The highest BCUT2D eigenvalue weighted by Crippen LogP contribution is 2.37. The normalized spacial score (nSPS) is 20.5. The number of rotatable bonds is 3. The summed E-state index contributed by atoms with van der Waals surface area (Å²) >= 11 is 0. The van der Waals surface area contributed by atoms with Crippen molar-refractivity contribution in [3.8, 4) is 0 Å². The molecule has 1 saturated carbocycles. The molecule has 4 heterocycles. The van der Waals surface area contributed by atoms with Crippen molar-refractivity contribution in [2.75, 3.05) is 13.1 Å². The second-order valence-corrected chi connectivity index (χ2v) is 7.24. The third-order valence-electron chi connectivity index (χ3n) is 5.31. The maximum absolute atomic E-state index is 12.9. The number of fused-ring (bicyclic) bond motifs is 1. The molecule has 1 saturated heterocycles. The minimum Gasteiger partial charge on any atom is -0.338 e. The van der Waals surface area contributed by atoms with Crippen LogP contribution < -0.4 is 0 Å². The van der Waals surface area contributed by atoms with Gasteiger partial charge in [-0.15, -0.1) is 0 Å². The van der Waals surface area contributed by atoms with Gasteiger partial charge >= 0.3 is 0 Å². The van der Waals surface area contributed by atoms with E-state index in [0.717, 1.165) is 54.8 Å². The molecule has 7 heteroatoms. The van der Waals surface area contributed by atoms with Gasteiger partial charge in [0.25, 0.3) is 5.91 Å². The number of aromatic nitrogens is 5. The standard InChI is InChI=1S/C19H20N6O/c26-19(15-8-20-17(21-9-15)12-3-4-12)25-7-1-2-14(11-25)16-6-5-13-10-22-24-18(13)23-16/h5-6,8-10,12,14H,1-4,7,11H2,(H,22,23,24)/t14-/m0/s1. The zero-order valence-corrected chi connectivity index (χ0v) is 14.4. The van der Waals surface area contributed by atoms with Crippen LogP contribution in [0.4, 0.5) is 0 Å². The van der Waals surface area contributed by atoms with Crippen LogP contribution in [-0.2, 0) is 0 Å². The van der Waals surface area contributed by atoms with Crippen molar-refractivity contribution in [2.45, 2.75) is 37.5 Å². The number of hydrogen-bond donors (Lipinski definition) is 1. The third-order valence-corrected chi connectivity index (χ3v) is 5.31. The van der Waals surface area contributed by atoms with Crippen molar-refractivity contribution >= 4 is 16.9 Å². The Morgan fingerprint density at radius 3 is 2.73 bits per heavy atom. The first kappa shape index (κ1) is 15.4. The molecular weight excluding hydrogens is 328 g/mol. The molecule has 0 aromatic carbocycles. The Kier molecular flexibility index (Phi) is 3.65. The van der Waals surface area contributed by atoms with Gasteiger partial charge in [-0.05, 0) is 37.8 Å². The van der Waals surface area contributed by atoms with E-state index in [1.807, 2.05) is 17.0 Å². The van der Waals surface area contributed by atoms with Crippen LogP contribution in [0.1, 0.15) is 59.4 Å². The summed E-state index contributed by atoms with van der Waals surface area (Å²) in [6, 6.07) is 4.08. The monoisotopic (exact) mass is 348 g/mol. The Hall–Kier alpha value is -2.83. The van der Waals surface area contributed by atoms with E-state index in [4.69, 9.17) is 0 Å². The number of likely N-dealkylation sites (tertiary alicyclic amines) is 1. The lowest BCUT2D eigenvalue weighted by atomic mass is 9.93. The smallest absolute Gasteiger partial charge is 0.257 e. The first-order chi connectivity index (χ1) is 12.8. The number of amides is 1. The van der Waals surface area contributed by atoms with Crippen LogP contribution in [0.3, 0.4) is 0 Å². The predicted octanol–water partition coefficient (Wildman–Crippen LogP) is 2.65. The fraction of sp³-hybridized carbons (Fsp3) is 0.421. The van der Waals surface area contributed by atoms with Gasteiger partial charge < -0.3 is 4.90 Å². The number of aromatic amines is 1. The molecule has 1 atom stereocenters. The molecule has 1 N–H and O–H groups in total. The lowest BCUT2D eigenvalue weighted by Gasteiger charge is -2.32. The Bertz CT molecular complexity index is 946. The Morgan fingerprint density at radius 2 is 1.92 bits per heavy atom. The van der Waals surface area contributed by atoms with Gasteiger partial charge in [-0.2, -0.15) is 5.10 Å². The van der Waals surface area contributed by atoms with Crippen LogP contribution in [0.15, 0.2) is 30.7 Å². The summed E-state index contributed by atoms with van der Waals surface area (Å²) in [6.07, 6.45) is 9.47. The molecule has 1 aliphatic carbocycles. The van der Waals surface area contributed by atoms with Gasteiger partial charge in [0.2, 0.25) is 0 Å². The number of nitrogens with one attached hydrogen (secondary N) is 1. The summed E-state index contributed by atoms with van der Waals surface area (Å²) in [5, 5.41) is 7.95. The number of nitrogens with zero attached hydrogens (tertiary/aromatic N) is 5. The lowest BCUT2D eigenvalue weighted by molar-refractivity contribution is 0.0705. The van der Waals surface area contributed by atoms with Gasteiger partial charge in [-0.3, -0.25) is 9.89 Å². The first-order valence-electron chi connectivity index (χ1n) is 9.19. The fourth-order valence-electron chi connectivity index (χ4n) is 3.66. The van der Waals surface area contributed by atoms with Crippen LogP contribution in [0.25, 0.3) is 11.0 Å². The quantitative estimate of drug-likeness (QED) is 0.786. The molecule has 26 heavy (non-hydrogen) atoms. The molecule has 3 aromatic rings. The molecule has 2 fully saturated rings. The number of piperidine rings is 1. The minimum atomic E-state index is 0.0136. The number of hydrogen-bond acceptors (Lipinski definition) is 5. The van der Waals surface area contributed by atoms with E-state index < -0.39 is 0 Å². The van der Waals surface area contributed by atoms with Gasteiger partial charge in [0.15, 0.2) is 5.65 Å². The van der Waals surface area contributed by atoms with Gasteiger partial charge in [0.1, 0.15) is 5.82 Å². The molecule has 3 aromatic heterocycles. The van der Waals surface area contributed by atoms with E-state index in [0.29, 0.717) is 18.0 Å². The van der Waals surface area contributed by atoms with E-state index in [1.54, 1.807) is 18.6 Å². The third kappa shape index (κ3) is 2.83. The number of H-pyrrole nitrogens is 1. The summed E-state index contributed by atoms with van der Waals surface area (Å²) < 4.78 is 0. The number of pyridine rings is 1. The highest BCUT2D eigenvalue weighted by atomic mass is 16.2. The molecule has 2 aliphatic rings. The van der Waals surface area contributed by atoms with Crippen LogP contribution in [0.5, 0.6) is 0 Å². The van der Waals surface area contributed by atoms with E-state index >= 15 is 0 Å². The summed E-state index contributed by atoms with van der Waals surface area (Å²) in [4.78, 5) is 28.2. The van der Waals surface area contributed by atoms with Gasteiger partial charge in [0, 0.05) is 48.4 Å². The minimum absolute atomic E-state index is 0.0136. The molecule has 7 nitrogen and oxygen atoms in total. The predicted molar refractivity (Wildman–Crippen MR) is 95.8 cm³/mol. The van der Waals surface area contributed by atoms with Gasteiger partial charge in [-0.25, -0.2) is 15.0 Å². The zero-order valence-electron chi connectivity index (χ0n) is 14.4. The van der Waals surface area contributed by atoms with Crippen LogP contribution in [0.2, 0.25) is 0 Å². The summed E-state index contributed by atoms with van der Waals surface area (Å²) in [7, 11) is 0. The number of carbonyl (C=O) groups is 1. The molecule has 0 bridgehead atoms. The molecule has 132 valence electrons. The van der Waals surface area contributed by atoms with Crippen LogP contribution in [0, 0.1) is 0 Å². The van der Waals surface area contributed by atoms with Crippen molar-refractivity contribution in [2.24, 2.45) is 0 Å². The van der Waals surface area contributed by atoms with Crippen molar-refractivity contribution < 1.29 is 4.79 Å². The Balaban J connectivity index is 1.33. The van der Waals surface area contributed by atoms with E-state index in [9.17, 15) is 4.79 Å². The maximum Gasteiger partial charge on any atom is 0.257 e. The van der Waals surface area contributed by atoms with E-state index in [1.165, 1.54) is 0 Å². The van der Waals surface area contributed by atoms with Crippen molar-refractivity contribution in [3.63, 3.8) is 0 Å². The summed E-state index contributed by atoms with van der Waals surface area (Å²) in [6.45, 7) is 1.45. The van der Waals surface area contributed by atoms with E-state index in [-0.39, 0.29) is 11.8 Å². The SMILES string of the molecule is O=C(c1cnc(C2CC2)nc1)N1CCC[C@H](c2ccc3cn[nH]c3n2)C1. The molecule has 5 rings (SSSR count). The molecule has 0 spiro atoms. The molecule has 0 radical (unpaired) electrons. The van der Waals surface area contributed by atoms with Gasteiger partial charge in [-0.1, -0.05) is 0 Å². The van der Waals surface area contributed by atoms with Crippen molar-refractivity contribution in [1.29, 1.82) is 0 Å². The fourth-order valence-corrected chi connectivity index (χ4v) is 3.66. The van der Waals surface area contributed by atoms with Gasteiger partial charge in [0.05, 0.1) is 11.8 Å². The first-order valence-corrected chi connectivity index (χ1v) is 9.19. The maximum atomic E-state index is 12.9. The average molecular weight is 348 g/mol. The number of carbonyl (C=O) groups excluding carboxylic acids is 1. The molecular formula is C19H20N6O. The highest BCUT2D eigenvalue weighted by Gasteiger charge is 2.29. The summed E-state index contributed by atoms with van der Waals surface area (Å²) in [5.74, 6) is 1.63. The second-order valence-electron chi connectivity index (χ2n) is 7.24. The Labute approximate surface area is 150 Å². The van der Waals surface area contributed by atoms with E-state index in [2.05, 4.69) is 25.1 Å². The average Bonchev–Trinajstić information content (AvgIpc) is 3.44. The lowest BCUT2D eigenvalue weighted by Crippen LogP contribution is -2.39. The molecule has 1 aliphatic heterocycles. The zero-order chi connectivity index (χ0) is 17.5. The summed E-state index contributed by atoms with van der Waals surface area (Å²) in [5.41, 5.74) is 2.39. The topological polar surface area (TPSA) is 87.7 Å². The largest absolute Gasteiger partial charge is 0.338 e. The van der Waals surface area contributed by atoms with Crippen molar-refractivity contribution in [1.82, 2.24) is 30.0 Å².